The number of hydrogen-bond donors (Lipinski definition) is 1. The number of halogens is 2. The van der Waals surface area contributed by atoms with Crippen molar-refractivity contribution in [2.24, 2.45) is 0 Å². The fraction of sp³-hybridized carbons (Fsp3) is 0.267. The quantitative estimate of drug-likeness (QED) is 0.793. The Hall–Kier alpha value is -1.61. The Labute approximate surface area is 117 Å². The van der Waals surface area contributed by atoms with Gasteiger partial charge in [-0.3, -0.25) is 0 Å². The lowest BCUT2D eigenvalue weighted by Gasteiger charge is -2.19. The molecule has 0 spiro atoms. The lowest BCUT2D eigenvalue weighted by molar-refractivity contribution is 0.583. The first-order valence-electron chi connectivity index (χ1n) is 6.32. The van der Waals surface area contributed by atoms with Crippen LogP contribution in [0.15, 0.2) is 42.6 Å². The van der Waals surface area contributed by atoms with Crippen LogP contribution in [0.5, 0.6) is 0 Å². The van der Waals surface area contributed by atoms with E-state index >= 15 is 0 Å². The predicted molar refractivity (Wildman–Crippen MR) is 76.9 cm³/mol. The van der Waals surface area contributed by atoms with Gasteiger partial charge in [-0.05, 0) is 36.2 Å². The number of nitrogens with zero attached hydrogens (tertiary/aromatic N) is 1. The van der Waals surface area contributed by atoms with Gasteiger partial charge >= 0.3 is 0 Å². The number of hydrogen-bond acceptors (Lipinski definition) is 2. The fourth-order valence-corrected chi connectivity index (χ4v) is 2.09. The van der Waals surface area contributed by atoms with Crippen molar-refractivity contribution in [1.82, 2.24) is 4.98 Å². The van der Waals surface area contributed by atoms with Crippen LogP contribution in [0.3, 0.4) is 0 Å². The van der Waals surface area contributed by atoms with E-state index in [0.717, 1.165) is 29.1 Å². The molecular weight excluding hydrogens is 263 g/mol. The van der Waals surface area contributed by atoms with Gasteiger partial charge in [0.1, 0.15) is 0 Å². The zero-order valence-corrected chi connectivity index (χ0v) is 11.5. The molecule has 0 radical (unpaired) electrons. The molecule has 2 nitrogen and oxygen atoms in total. The topological polar surface area (TPSA) is 24.9 Å². The normalized spacial score (nSPS) is 12.2. The van der Waals surface area contributed by atoms with Crippen molar-refractivity contribution in [3.05, 3.63) is 59.1 Å². The van der Waals surface area contributed by atoms with E-state index in [1.54, 1.807) is 6.07 Å². The average molecular weight is 279 g/mol. The Balaban J connectivity index is 2.15. The van der Waals surface area contributed by atoms with E-state index in [1.165, 1.54) is 12.3 Å². The van der Waals surface area contributed by atoms with Crippen LogP contribution >= 0.6 is 11.6 Å². The molecule has 1 atom stereocenters. The summed E-state index contributed by atoms with van der Waals surface area (Å²) in [6, 6.07) is 11.0. The van der Waals surface area contributed by atoms with Crippen molar-refractivity contribution in [3.8, 4) is 0 Å². The van der Waals surface area contributed by atoms with Crippen molar-refractivity contribution in [3.63, 3.8) is 0 Å². The Morgan fingerprint density at radius 3 is 2.53 bits per heavy atom. The van der Waals surface area contributed by atoms with Crippen LogP contribution in [0.2, 0.25) is 5.02 Å². The van der Waals surface area contributed by atoms with Gasteiger partial charge < -0.3 is 5.32 Å². The molecule has 1 heterocycles. The number of benzene rings is 1. The standard InChI is InChI=1S/C15H16ClFN2/c1-2-3-14(11-4-6-12(16)7-5-11)19-13-8-9-15(17)18-10-13/h4-10,14,19H,2-3H2,1H3. The van der Waals surface area contributed by atoms with E-state index in [9.17, 15) is 4.39 Å². The third-order valence-corrected chi connectivity index (χ3v) is 3.17. The number of nitrogens with one attached hydrogen (secondary N) is 1. The predicted octanol–water partition coefficient (Wildman–Crippen LogP) is 4.83. The van der Waals surface area contributed by atoms with Gasteiger partial charge in [0.15, 0.2) is 0 Å². The molecule has 1 N–H and O–H groups in total. The molecule has 2 aromatic rings. The molecule has 0 aliphatic heterocycles. The minimum absolute atomic E-state index is 0.175. The van der Waals surface area contributed by atoms with E-state index in [1.807, 2.05) is 24.3 Å². The monoisotopic (exact) mass is 278 g/mol. The van der Waals surface area contributed by atoms with Crippen LogP contribution < -0.4 is 5.32 Å². The number of aromatic nitrogens is 1. The molecule has 0 amide bonds. The van der Waals surface area contributed by atoms with Crippen LogP contribution in [-0.4, -0.2) is 4.98 Å². The molecule has 0 aliphatic carbocycles. The van der Waals surface area contributed by atoms with Crippen molar-refractivity contribution in [1.29, 1.82) is 0 Å². The highest BCUT2D eigenvalue weighted by Gasteiger charge is 2.10. The summed E-state index contributed by atoms with van der Waals surface area (Å²) in [5.74, 6) is -0.468. The maximum Gasteiger partial charge on any atom is 0.212 e. The first-order chi connectivity index (χ1) is 9.19. The molecule has 0 aliphatic rings. The van der Waals surface area contributed by atoms with Gasteiger partial charge in [-0.15, -0.1) is 0 Å². The molecule has 1 aromatic heterocycles. The van der Waals surface area contributed by atoms with Crippen LogP contribution in [0.1, 0.15) is 31.4 Å². The second-order valence-electron chi connectivity index (χ2n) is 4.41. The second-order valence-corrected chi connectivity index (χ2v) is 4.84. The molecule has 2 rings (SSSR count). The van der Waals surface area contributed by atoms with Crippen molar-refractivity contribution in [2.75, 3.05) is 5.32 Å². The van der Waals surface area contributed by atoms with Gasteiger partial charge in [-0.2, -0.15) is 4.39 Å². The first kappa shape index (κ1) is 13.8. The smallest absolute Gasteiger partial charge is 0.212 e. The highest BCUT2D eigenvalue weighted by molar-refractivity contribution is 6.30. The fourth-order valence-electron chi connectivity index (χ4n) is 1.97. The molecule has 100 valence electrons. The highest BCUT2D eigenvalue weighted by Crippen LogP contribution is 2.24. The van der Waals surface area contributed by atoms with Gasteiger partial charge in [-0.25, -0.2) is 4.98 Å². The van der Waals surface area contributed by atoms with Crippen LogP contribution in [0.25, 0.3) is 0 Å². The van der Waals surface area contributed by atoms with Gasteiger partial charge in [0.05, 0.1) is 17.9 Å². The average Bonchev–Trinajstić information content (AvgIpc) is 2.42. The molecule has 4 heteroatoms. The maximum absolute atomic E-state index is 12.8. The summed E-state index contributed by atoms with van der Waals surface area (Å²) in [6.45, 7) is 2.13. The Morgan fingerprint density at radius 2 is 1.95 bits per heavy atom. The Kier molecular flexibility index (Phi) is 4.74. The van der Waals surface area contributed by atoms with Gasteiger partial charge in [-0.1, -0.05) is 37.1 Å². The molecule has 19 heavy (non-hydrogen) atoms. The third-order valence-electron chi connectivity index (χ3n) is 2.92. The zero-order valence-electron chi connectivity index (χ0n) is 10.7. The maximum atomic E-state index is 12.8. The summed E-state index contributed by atoms with van der Waals surface area (Å²) in [5, 5.41) is 4.10. The number of anilines is 1. The van der Waals surface area contributed by atoms with Crippen molar-refractivity contribution >= 4 is 17.3 Å². The van der Waals surface area contributed by atoms with E-state index < -0.39 is 5.95 Å². The van der Waals surface area contributed by atoms with Crippen molar-refractivity contribution in [2.45, 2.75) is 25.8 Å². The van der Waals surface area contributed by atoms with E-state index in [0.29, 0.717) is 0 Å². The van der Waals surface area contributed by atoms with E-state index in [2.05, 4.69) is 17.2 Å². The summed E-state index contributed by atoms with van der Waals surface area (Å²) in [6.07, 6.45) is 3.54. The summed E-state index contributed by atoms with van der Waals surface area (Å²) < 4.78 is 12.8. The van der Waals surface area contributed by atoms with Gasteiger partial charge in [0, 0.05) is 5.02 Å². The third kappa shape index (κ3) is 3.93. The molecule has 1 unspecified atom stereocenters. The summed E-state index contributed by atoms with van der Waals surface area (Å²) >= 11 is 5.90. The van der Waals surface area contributed by atoms with E-state index in [-0.39, 0.29) is 6.04 Å². The minimum atomic E-state index is -0.468. The highest BCUT2D eigenvalue weighted by atomic mass is 35.5. The Morgan fingerprint density at radius 1 is 1.21 bits per heavy atom. The SMILES string of the molecule is CCCC(Nc1ccc(F)nc1)c1ccc(Cl)cc1. The molecule has 1 aromatic carbocycles. The van der Waals surface area contributed by atoms with Crippen molar-refractivity contribution < 1.29 is 4.39 Å². The van der Waals surface area contributed by atoms with Gasteiger partial charge in [0.2, 0.25) is 5.95 Å². The Bertz CT molecular complexity index is 511. The van der Waals surface area contributed by atoms with E-state index in [4.69, 9.17) is 11.6 Å². The largest absolute Gasteiger partial charge is 0.377 e. The molecule has 0 bridgehead atoms. The first-order valence-corrected chi connectivity index (χ1v) is 6.70. The molecule has 0 fully saturated rings. The molecule has 0 saturated carbocycles. The van der Waals surface area contributed by atoms with Crippen LogP contribution in [0, 0.1) is 5.95 Å². The van der Waals surface area contributed by atoms with Gasteiger partial charge in [0.25, 0.3) is 0 Å². The number of rotatable bonds is 5. The minimum Gasteiger partial charge on any atom is -0.377 e. The summed E-state index contributed by atoms with van der Waals surface area (Å²) in [4.78, 5) is 3.65. The molecule has 0 saturated heterocycles. The lowest BCUT2D eigenvalue weighted by Crippen LogP contribution is -2.10. The summed E-state index contributed by atoms with van der Waals surface area (Å²) in [5.41, 5.74) is 1.98. The summed E-state index contributed by atoms with van der Waals surface area (Å²) in [7, 11) is 0. The lowest BCUT2D eigenvalue weighted by atomic mass is 10.0. The van der Waals surface area contributed by atoms with Crippen LogP contribution in [-0.2, 0) is 0 Å². The second kappa shape index (κ2) is 6.53. The molecular formula is C15H16ClFN2. The zero-order chi connectivity index (χ0) is 13.7. The number of pyridine rings is 1. The van der Waals surface area contributed by atoms with Crippen LogP contribution in [0.4, 0.5) is 10.1 Å².